The van der Waals surface area contributed by atoms with E-state index in [1.807, 2.05) is 42.5 Å². The maximum absolute atomic E-state index is 13.3. The molecule has 0 saturated carbocycles. The Hall–Kier alpha value is -3.39. The van der Waals surface area contributed by atoms with E-state index in [1.54, 1.807) is 29.0 Å². The summed E-state index contributed by atoms with van der Waals surface area (Å²) in [7, 11) is 0. The number of hydrogen-bond donors (Lipinski definition) is 1. The van der Waals surface area contributed by atoms with Gasteiger partial charge in [-0.3, -0.25) is 19.1 Å². The number of hydrogen-bond acceptors (Lipinski definition) is 5. The zero-order chi connectivity index (χ0) is 23.5. The molecule has 34 heavy (non-hydrogen) atoms. The lowest BCUT2D eigenvalue weighted by molar-refractivity contribution is 0.0315. The average Bonchev–Trinajstić information content (AvgIpc) is 3.29. The highest BCUT2D eigenvalue weighted by atomic mass is 35.5. The van der Waals surface area contributed by atoms with Crippen molar-refractivity contribution in [2.24, 2.45) is 0 Å². The molecule has 0 bridgehead atoms. The number of pyridine rings is 1. The molecule has 1 aliphatic rings. The molecule has 0 unspecified atom stereocenters. The van der Waals surface area contributed by atoms with Gasteiger partial charge in [-0.1, -0.05) is 41.9 Å². The number of morpholine rings is 1. The normalized spacial score (nSPS) is 14.4. The van der Waals surface area contributed by atoms with Crippen LogP contribution < -0.4 is 10.7 Å². The van der Waals surface area contributed by atoms with Crippen molar-refractivity contribution < 1.29 is 13.9 Å². The molecule has 3 heterocycles. The molecular formula is C26H24ClN3O4. The second kappa shape index (κ2) is 9.85. The number of rotatable bonds is 6. The molecular weight excluding hydrogens is 454 g/mol. The summed E-state index contributed by atoms with van der Waals surface area (Å²) in [5.41, 5.74) is 1.82. The van der Waals surface area contributed by atoms with Gasteiger partial charge in [0.25, 0.3) is 5.91 Å². The molecule has 2 aromatic heterocycles. The summed E-state index contributed by atoms with van der Waals surface area (Å²) in [6.07, 6.45) is 1.55. The van der Waals surface area contributed by atoms with Crippen molar-refractivity contribution in [1.82, 2.24) is 14.8 Å². The quantitative estimate of drug-likeness (QED) is 0.454. The Kier molecular flexibility index (Phi) is 6.49. The van der Waals surface area contributed by atoms with E-state index in [2.05, 4.69) is 10.2 Å². The van der Waals surface area contributed by atoms with Gasteiger partial charge < -0.3 is 14.5 Å². The molecule has 0 radical (unpaired) electrons. The third kappa shape index (κ3) is 4.77. The van der Waals surface area contributed by atoms with Crippen LogP contribution in [-0.4, -0.2) is 41.7 Å². The number of carbonyl (C=O) groups is 1. The van der Waals surface area contributed by atoms with E-state index in [4.69, 9.17) is 20.8 Å². The maximum Gasteiger partial charge on any atom is 0.257 e. The van der Waals surface area contributed by atoms with Crippen molar-refractivity contribution in [1.29, 1.82) is 0 Å². The Morgan fingerprint density at radius 2 is 1.76 bits per heavy atom. The molecule has 174 valence electrons. The zero-order valence-corrected chi connectivity index (χ0v) is 19.3. The number of aromatic nitrogens is 1. The van der Waals surface area contributed by atoms with Crippen LogP contribution >= 0.6 is 11.6 Å². The van der Waals surface area contributed by atoms with Gasteiger partial charge in [-0.15, -0.1) is 0 Å². The Labute approximate surface area is 201 Å². The van der Waals surface area contributed by atoms with Crippen LogP contribution in [0.3, 0.4) is 0 Å². The van der Waals surface area contributed by atoms with Crippen molar-refractivity contribution in [3.05, 3.63) is 99.0 Å². The first-order chi connectivity index (χ1) is 16.6. The van der Waals surface area contributed by atoms with Crippen molar-refractivity contribution in [2.75, 3.05) is 26.3 Å². The number of carbonyl (C=O) groups excluding carboxylic acids is 1. The topological polar surface area (TPSA) is 76.7 Å². The Balaban J connectivity index is 1.51. The number of benzene rings is 2. The van der Waals surface area contributed by atoms with Gasteiger partial charge in [0.15, 0.2) is 0 Å². The van der Waals surface area contributed by atoms with Gasteiger partial charge in [-0.25, -0.2) is 0 Å². The highest BCUT2D eigenvalue weighted by molar-refractivity contribution is 6.30. The van der Waals surface area contributed by atoms with Crippen LogP contribution in [0.2, 0.25) is 5.02 Å². The molecule has 0 atom stereocenters. The van der Waals surface area contributed by atoms with E-state index in [9.17, 15) is 9.59 Å². The van der Waals surface area contributed by atoms with Gasteiger partial charge in [0, 0.05) is 36.5 Å². The lowest BCUT2D eigenvalue weighted by Crippen LogP contribution is -2.35. The highest BCUT2D eigenvalue weighted by Crippen LogP contribution is 2.23. The SMILES string of the molecule is O=C(NCc1ccc(Cl)cc1)c1cn(-c2ccccc2)c2oc(CN3CCOCC3)cc2c1=O. The summed E-state index contributed by atoms with van der Waals surface area (Å²) in [5, 5.41) is 3.85. The van der Waals surface area contributed by atoms with Crippen LogP contribution in [-0.2, 0) is 17.8 Å². The van der Waals surface area contributed by atoms with Crippen molar-refractivity contribution in [3.8, 4) is 5.69 Å². The van der Waals surface area contributed by atoms with E-state index in [0.717, 1.165) is 24.3 Å². The summed E-state index contributed by atoms with van der Waals surface area (Å²) in [6.45, 7) is 3.82. The van der Waals surface area contributed by atoms with E-state index in [1.165, 1.54) is 0 Å². The van der Waals surface area contributed by atoms with Gasteiger partial charge in [0.05, 0.1) is 25.1 Å². The number of fused-ring (bicyclic) bond motifs is 1. The van der Waals surface area contributed by atoms with Crippen molar-refractivity contribution in [2.45, 2.75) is 13.1 Å². The van der Waals surface area contributed by atoms with Crippen LogP contribution in [0.25, 0.3) is 16.8 Å². The number of halogens is 1. The molecule has 1 saturated heterocycles. The van der Waals surface area contributed by atoms with Crippen LogP contribution in [0, 0.1) is 0 Å². The summed E-state index contributed by atoms with van der Waals surface area (Å²) in [5.74, 6) is 0.236. The summed E-state index contributed by atoms with van der Waals surface area (Å²) in [4.78, 5) is 28.6. The third-order valence-electron chi connectivity index (χ3n) is 5.86. The highest BCUT2D eigenvalue weighted by Gasteiger charge is 2.21. The molecule has 8 heteroatoms. The van der Waals surface area contributed by atoms with Gasteiger partial charge in [0.2, 0.25) is 11.1 Å². The van der Waals surface area contributed by atoms with Crippen LogP contribution in [0.1, 0.15) is 21.7 Å². The standard InChI is InChI=1S/C26H24ClN3O4/c27-19-8-6-18(7-9-19)15-28-25(32)23-17-30(20-4-2-1-3-5-20)26-22(24(23)31)14-21(34-26)16-29-10-12-33-13-11-29/h1-9,14,17H,10-13,15-16H2,(H,28,32). The van der Waals surface area contributed by atoms with Crippen molar-refractivity contribution >= 4 is 28.6 Å². The third-order valence-corrected chi connectivity index (χ3v) is 6.11. The summed E-state index contributed by atoms with van der Waals surface area (Å²) < 4.78 is 13.3. The van der Waals surface area contributed by atoms with Crippen LogP contribution in [0.4, 0.5) is 0 Å². The molecule has 1 amide bonds. The van der Waals surface area contributed by atoms with Crippen molar-refractivity contribution in [3.63, 3.8) is 0 Å². The minimum Gasteiger partial charge on any atom is -0.443 e. The fourth-order valence-corrected chi connectivity index (χ4v) is 4.17. The number of furan rings is 1. The fraction of sp³-hybridized carbons (Fsp3) is 0.231. The second-order valence-corrected chi connectivity index (χ2v) is 8.64. The number of amides is 1. The Morgan fingerprint density at radius 3 is 2.50 bits per heavy atom. The summed E-state index contributed by atoms with van der Waals surface area (Å²) in [6, 6.07) is 18.5. The van der Waals surface area contributed by atoms with Gasteiger partial charge in [-0.2, -0.15) is 0 Å². The molecule has 4 aromatic rings. The van der Waals surface area contributed by atoms with Gasteiger partial charge in [0.1, 0.15) is 11.3 Å². The smallest absolute Gasteiger partial charge is 0.257 e. The second-order valence-electron chi connectivity index (χ2n) is 8.21. The number of nitrogens with one attached hydrogen (secondary N) is 1. The predicted octanol–water partition coefficient (Wildman–Crippen LogP) is 4.00. The van der Waals surface area contributed by atoms with Gasteiger partial charge >= 0.3 is 0 Å². The summed E-state index contributed by atoms with van der Waals surface area (Å²) >= 11 is 5.94. The molecule has 7 nitrogen and oxygen atoms in total. The fourth-order valence-electron chi connectivity index (χ4n) is 4.04. The van der Waals surface area contributed by atoms with E-state index < -0.39 is 5.91 Å². The van der Waals surface area contributed by atoms with E-state index in [-0.39, 0.29) is 17.5 Å². The first-order valence-electron chi connectivity index (χ1n) is 11.1. The Morgan fingerprint density at radius 1 is 1.03 bits per heavy atom. The molecule has 0 aliphatic carbocycles. The average molecular weight is 478 g/mol. The number of nitrogens with zero attached hydrogens (tertiary/aromatic N) is 2. The first kappa shape index (κ1) is 22.4. The largest absolute Gasteiger partial charge is 0.443 e. The minimum absolute atomic E-state index is 0.0593. The number of ether oxygens (including phenoxy) is 1. The van der Waals surface area contributed by atoms with E-state index in [0.29, 0.717) is 41.6 Å². The van der Waals surface area contributed by atoms with Crippen LogP contribution in [0.5, 0.6) is 0 Å². The molecule has 0 spiro atoms. The number of para-hydroxylation sites is 1. The maximum atomic E-state index is 13.3. The molecule has 1 N–H and O–H groups in total. The lowest BCUT2D eigenvalue weighted by Gasteiger charge is -2.25. The van der Waals surface area contributed by atoms with Gasteiger partial charge in [-0.05, 0) is 35.9 Å². The molecule has 2 aromatic carbocycles. The lowest BCUT2D eigenvalue weighted by atomic mass is 10.1. The minimum atomic E-state index is -0.442. The predicted molar refractivity (Wildman–Crippen MR) is 131 cm³/mol. The Bertz CT molecular complexity index is 1360. The monoisotopic (exact) mass is 477 g/mol. The molecule has 5 rings (SSSR count). The zero-order valence-electron chi connectivity index (χ0n) is 18.5. The van der Waals surface area contributed by atoms with E-state index >= 15 is 0 Å². The molecule has 1 fully saturated rings. The van der Waals surface area contributed by atoms with Crippen LogP contribution in [0.15, 0.2) is 76.1 Å². The molecule has 1 aliphatic heterocycles. The first-order valence-corrected chi connectivity index (χ1v) is 11.5.